The van der Waals surface area contributed by atoms with E-state index in [1.54, 1.807) is 22.9 Å². The average molecular weight is 487 g/mol. The number of benzene rings is 1. The summed E-state index contributed by atoms with van der Waals surface area (Å²) in [5.41, 5.74) is 1.90. The van der Waals surface area contributed by atoms with E-state index in [4.69, 9.17) is 9.47 Å². The molecule has 182 valence electrons. The smallest absolute Gasteiger partial charge is 0.246 e. The molecule has 2 aromatic heterocycles. The third-order valence-electron chi connectivity index (χ3n) is 5.57. The van der Waals surface area contributed by atoms with Gasteiger partial charge >= 0.3 is 0 Å². The second-order valence-electron chi connectivity index (χ2n) is 7.95. The van der Waals surface area contributed by atoms with Crippen molar-refractivity contribution in [1.29, 1.82) is 0 Å². The van der Waals surface area contributed by atoms with Gasteiger partial charge in [0.25, 0.3) is 0 Å². The molecule has 11 heteroatoms. The van der Waals surface area contributed by atoms with Gasteiger partial charge in [-0.1, -0.05) is 0 Å². The monoisotopic (exact) mass is 486 g/mol. The Hall–Kier alpha value is -3.18. The fourth-order valence-corrected chi connectivity index (χ4v) is 5.52. The van der Waals surface area contributed by atoms with Crippen LogP contribution in [0.4, 0.5) is 5.82 Å². The quantitative estimate of drug-likeness (QED) is 0.479. The van der Waals surface area contributed by atoms with Gasteiger partial charge in [0.15, 0.2) is 11.6 Å². The zero-order chi connectivity index (χ0) is 24.3. The van der Waals surface area contributed by atoms with Crippen molar-refractivity contribution >= 4 is 15.8 Å². The molecule has 0 unspecified atom stereocenters. The largest absolute Gasteiger partial charge is 0.494 e. The van der Waals surface area contributed by atoms with Gasteiger partial charge in [-0.2, -0.15) is 9.40 Å². The number of aryl methyl sites for hydroxylation is 2. The maximum absolute atomic E-state index is 13.4. The molecule has 4 rings (SSSR count). The summed E-state index contributed by atoms with van der Waals surface area (Å²) in [6, 6.07) is 10.6. The summed E-state index contributed by atoms with van der Waals surface area (Å²) in [7, 11) is -3.72. The first-order valence-corrected chi connectivity index (χ1v) is 12.8. The number of nitrogens with zero attached hydrogens (tertiary/aromatic N) is 6. The number of piperazine rings is 1. The minimum atomic E-state index is -3.72. The van der Waals surface area contributed by atoms with E-state index in [2.05, 4.69) is 15.3 Å². The summed E-state index contributed by atoms with van der Waals surface area (Å²) in [6.45, 7) is 10.1. The SMILES string of the molecule is CCOc1ccc(S(=O)(=O)N2CCN(c3ccc(-n4nc(C)cc4C)nn3)CC2)c(OCC)c1. The van der Waals surface area contributed by atoms with Crippen molar-refractivity contribution in [2.45, 2.75) is 32.6 Å². The van der Waals surface area contributed by atoms with Crippen molar-refractivity contribution in [2.24, 2.45) is 0 Å². The molecule has 0 bridgehead atoms. The lowest BCUT2D eigenvalue weighted by atomic mass is 10.3. The number of hydrogen-bond acceptors (Lipinski definition) is 8. The minimum Gasteiger partial charge on any atom is -0.494 e. The van der Waals surface area contributed by atoms with Crippen LogP contribution in [0.2, 0.25) is 0 Å². The van der Waals surface area contributed by atoms with Crippen molar-refractivity contribution in [3.8, 4) is 17.3 Å². The molecule has 0 spiro atoms. The molecule has 0 N–H and O–H groups in total. The third kappa shape index (κ3) is 4.85. The van der Waals surface area contributed by atoms with E-state index in [-0.39, 0.29) is 4.90 Å². The van der Waals surface area contributed by atoms with Gasteiger partial charge in [-0.25, -0.2) is 13.1 Å². The maximum atomic E-state index is 13.4. The van der Waals surface area contributed by atoms with E-state index >= 15 is 0 Å². The molecule has 1 aliphatic heterocycles. The summed E-state index contributed by atoms with van der Waals surface area (Å²) in [4.78, 5) is 2.19. The van der Waals surface area contributed by atoms with Crippen molar-refractivity contribution < 1.29 is 17.9 Å². The van der Waals surface area contributed by atoms with Crippen LogP contribution in [0.25, 0.3) is 5.82 Å². The highest BCUT2D eigenvalue weighted by atomic mass is 32.2. The van der Waals surface area contributed by atoms with Gasteiger partial charge in [-0.15, -0.1) is 10.2 Å². The Morgan fingerprint density at radius 2 is 1.56 bits per heavy atom. The minimum absolute atomic E-state index is 0.153. The lowest BCUT2D eigenvalue weighted by Gasteiger charge is -2.34. The van der Waals surface area contributed by atoms with Crippen molar-refractivity contribution in [3.05, 3.63) is 47.8 Å². The van der Waals surface area contributed by atoms with Gasteiger partial charge in [-0.05, 0) is 58.0 Å². The molecule has 1 aromatic carbocycles. The number of rotatable bonds is 8. The van der Waals surface area contributed by atoms with E-state index in [0.717, 1.165) is 11.4 Å². The van der Waals surface area contributed by atoms with Gasteiger partial charge < -0.3 is 14.4 Å². The standard InChI is InChI=1S/C23H30N6O4S/c1-5-32-19-7-8-21(20(16-19)33-6-2)34(30,31)28-13-11-27(12-14-28)22-9-10-23(25-24-22)29-18(4)15-17(3)26-29/h7-10,15-16H,5-6,11-14H2,1-4H3. The van der Waals surface area contributed by atoms with Crippen LogP contribution >= 0.6 is 0 Å². The third-order valence-corrected chi connectivity index (χ3v) is 7.51. The second kappa shape index (κ2) is 9.98. The Labute approximate surface area is 200 Å². The summed E-state index contributed by atoms with van der Waals surface area (Å²) in [5.74, 6) is 2.24. The normalized spacial score (nSPS) is 14.9. The summed E-state index contributed by atoms with van der Waals surface area (Å²) in [6.07, 6.45) is 0. The molecule has 1 aliphatic rings. The molecule has 0 amide bonds. The molecule has 0 aliphatic carbocycles. The van der Waals surface area contributed by atoms with Crippen LogP contribution in [0.1, 0.15) is 25.2 Å². The second-order valence-corrected chi connectivity index (χ2v) is 9.86. The number of sulfonamides is 1. The van der Waals surface area contributed by atoms with Crippen LogP contribution in [0.15, 0.2) is 41.3 Å². The van der Waals surface area contributed by atoms with Crippen LogP contribution in [0, 0.1) is 13.8 Å². The van der Waals surface area contributed by atoms with Crippen molar-refractivity contribution in [3.63, 3.8) is 0 Å². The van der Waals surface area contributed by atoms with Gasteiger partial charge in [0.05, 0.1) is 18.9 Å². The molecular formula is C23H30N6O4S. The van der Waals surface area contributed by atoms with Crippen molar-refractivity contribution in [2.75, 3.05) is 44.3 Å². The van der Waals surface area contributed by atoms with Crippen LogP contribution in [-0.4, -0.2) is 72.1 Å². The predicted molar refractivity (Wildman–Crippen MR) is 128 cm³/mol. The fraction of sp³-hybridized carbons (Fsp3) is 0.435. The highest BCUT2D eigenvalue weighted by Gasteiger charge is 2.31. The Morgan fingerprint density at radius 3 is 2.15 bits per heavy atom. The van der Waals surface area contributed by atoms with E-state index in [1.165, 1.54) is 4.31 Å². The molecule has 0 atom stereocenters. The predicted octanol–water partition coefficient (Wildman–Crippen LogP) is 2.59. The molecule has 0 saturated carbocycles. The first-order valence-electron chi connectivity index (χ1n) is 11.4. The molecule has 1 saturated heterocycles. The van der Waals surface area contributed by atoms with E-state index in [0.29, 0.717) is 62.5 Å². The number of ether oxygens (including phenoxy) is 2. The molecule has 1 fully saturated rings. The summed E-state index contributed by atoms with van der Waals surface area (Å²) in [5, 5.41) is 13.1. The molecule has 0 radical (unpaired) electrons. The molecular weight excluding hydrogens is 456 g/mol. The number of aromatic nitrogens is 4. The van der Waals surface area contributed by atoms with Gasteiger partial charge in [-0.3, -0.25) is 0 Å². The van der Waals surface area contributed by atoms with Crippen LogP contribution in [0.5, 0.6) is 11.5 Å². The van der Waals surface area contributed by atoms with Gasteiger partial charge in [0, 0.05) is 37.9 Å². The van der Waals surface area contributed by atoms with Gasteiger partial charge in [0.2, 0.25) is 10.0 Å². The van der Waals surface area contributed by atoms with Crippen LogP contribution in [-0.2, 0) is 10.0 Å². The Kier molecular flexibility index (Phi) is 7.03. The van der Waals surface area contributed by atoms with E-state index in [9.17, 15) is 8.42 Å². The first kappa shape index (κ1) is 24.0. The average Bonchev–Trinajstić information content (AvgIpc) is 3.17. The number of hydrogen-bond donors (Lipinski definition) is 0. The fourth-order valence-electron chi connectivity index (χ4n) is 3.98. The van der Waals surface area contributed by atoms with Gasteiger partial charge in [0.1, 0.15) is 16.4 Å². The van der Waals surface area contributed by atoms with Crippen LogP contribution in [0.3, 0.4) is 0 Å². The summed E-state index contributed by atoms with van der Waals surface area (Å²) >= 11 is 0. The number of anilines is 1. The molecule has 3 aromatic rings. The molecule has 34 heavy (non-hydrogen) atoms. The highest BCUT2D eigenvalue weighted by molar-refractivity contribution is 7.89. The molecule has 3 heterocycles. The Morgan fingerprint density at radius 1 is 0.882 bits per heavy atom. The summed E-state index contributed by atoms with van der Waals surface area (Å²) < 4.78 is 41.1. The topological polar surface area (TPSA) is 103 Å². The Bertz CT molecular complexity index is 1230. The highest BCUT2D eigenvalue weighted by Crippen LogP contribution is 2.32. The maximum Gasteiger partial charge on any atom is 0.246 e. The first-order chi connectivity index (χ1) is 16.3. The molecule has 10 nitrogen and oxygen atoms in total. The zero-order valence-electron chi connectivity index (χ0n) is 19.9. The lowest BCUT2D eigenvalue weighted by molar-refractivity contribution is 0.314. The van der Waals surface area contributed by atoms with Crippen molar-refractivity contribution in [1.82, 2.24) is 24.3 Å². The van der Waals surface area contributed by atoms with E-state index in [1.807, 2.05) is 50.8 Å². The van der Waals surface area contributed by atoms with E-state index < -0.39 is 10.0 Å². The Balaban J connectivity index is 1.46. The zero-order valence-corrected chi connectivity index (χ0v) is 20.7. The lowest BCUT2D eigenvalue weighted by Crippen LogP contribution is -2.49. The van der Waals surface area contributed by atoms with Crippen LogP contribution < -0.4 is 14.4 Å².